The molecule has 0 amide bonds. The van der Waals surface area contributed by atoms with E-state index in [0.717, 1.165) is 35.8 Å². The zero-order valence-corrected chi connectivity index (χ0v) is 12.6. The summed E-state index contributed by atoms with van der Waals surface area (Å²) in [5, 5.41) is 12.1. The molecule has 0 aliphatic rings. The highest BCUT2D eigenvalue weighted by atomic mass is 32.2. The van der Waals surface area contributed by atoms with Crippen LogP contribution in [0.1, 0.15) is 24.9 Å². The zero-order valence-electron chi connectivity index (χ0n) is 11.8. The van der Waals surface area contributed by atoms with Crippen molar-refractivity contribution in [3.63, 3.8) is 0 Å². The molecule has 0 aliphatic carbocycles. The van der Waals surface area contributed by atoms with E-state index in [9.17, 15) is 0 Å². The van der Waals surface area contributed by atoms with Gasteiger partial charge in [-0.1, -0.05) is 6.92 Å². The number of hydrogen-bond donors (Lipinski definition) is 2. The van der Waals surface area contributed by atoms with E-state index in [-0.39, 0.29) is 6.61 Å². The Morgan fingerprint density at radius 3 is 2.50 bits per heavy atom. The summed E-state index contributed by atoms with van der Waals surface area (Å²) in [6.45, 7) is 3.05. The van der Waals surface area contributed by atoms with Gasteiger partial charge in [0.25, 0.3) is 0 Å². The van der Waals surface area contributed by atoms with Gasteiger partial charge < -0.3 is 14.8 Å². The average Bonchev–Trinajstić information content (AvgIpc) is 2.95. The second kappa shape index (κ2) is 8.02. The van der Waals surface area contributed by atoms with Crippen LogP contribution < -0.4 is 5.32 Å². The lowest BCUT2D eigenvalue weighted by Crippen LogP contribution is -1.97. The van der Waals surface area contributed by atoms with Gasteiger partial charge in [0, 0.05) is 29.4 Å². The van der Waals surface area contributed by atoms with E-state index in [2.05, 4.69) is 36.5 Å². The van der Waals surface area contributed by atoms with Crippen molar-refractivity contribution in [2.75, 3.05) is 17.7 Å². The molecule has 0 radical (unpaired) electrons. The number of aliphatic hydroxyl groups excluding tert-OH is 1. The second-order valence-electron chi connectivity index (χ2n) is 4.53. The highest BCUT2D eigenvalue weighted by Crippen LogP contribution is 2.21. The number of benzene rings is 1. The Morgan fingerprint density at radius 2 is 1.85 bits per heavy atom. The van der Waals surface area contributed by atoms with E-state index >= 15 is 0 Å². The Labute approximate surface area is 124 Å². The quantitative estimate of drug-likeness (QED) is 0.571. The fourth-order valence-electron chi connectivity index (χ4n) is 1.82. The number of thioether (sulfide) groups is 1. The van der Waals surface area contributed by atoms with Gasteiger partial charge in [-0.05, 0) is 42.8 Å². The van der Waals surface area contributed by atoms with Crippen LogP contribution in [-0.2, 0) is 13.0 Å². The molecule has 0 saturated heterocycles. The Morgan fingerprint density at radius 1 is 1.10 bits per heavy atom. The molecule has 1 heterocycles. The van der Waals surface area contributed by atoms with E-state index in [1.54, 1.807) is 11.8 Å². The van der Waals surface area contributed by atoms with Gasteiger partial charge in [0.1, 0.15) is 11.5 Å². The van der Waals surface area contributed by atoms with Crippen LogP contribution in [0.15, 0.2) is 45.7 Å². The fourth-order valence-corrected chi connectivity index (χ4v) is 2.66. The summed E-state index contributed by atoms with van der Waals surface area (Å²) in [5.41, 5.74) is 1.09. The van der Waals surface area contributed by atoms with Gasteiger partial charge in [0.05, 0.1) is 6.54 Å². The lowest BCUT2D eigenvalue weighted by atomic mass is 10.3. The number of nitrogens with one attached hydrogen (secondary N) is 1. The summed E-state index contributed by atoms with van der Waals surface area (Å²) in [5.74, 6) is 2.94. The molecule has 0 saturated carbocycles. The highest BCUT2D eigenvalue weighted by molar-refractivity contribution is 7.99. The SMILES string of the molecule is CCc1ccc(CNc2ccc(SCCCO)cc2)o1. The number of anilines is 1. The summed E-state index contributed by atoms with van der Waals surface area (Å²) in [7, 11) is 0. The predicted octanol–water partition coefficient (Wildman–Crippen LogP) is 3.93. The van der Waals surface area contributed by atoms with Gasteiger partial charge in [0.2, 0.25) is 0 Å². The molecular weight excluding hydrogens is 270 g/mol. The predicted molar refractivity (Wildman–Crippen MR) is 84.3 cm³/mol. The van der Waals surface area contributed by atoms with Gasteiger partial charge in [-0.25, -0.2) is 0 Å². The van der Waals surface area contributed by atoms with Crippen LogP contribution in [0.4, 0.5) is 5.69 Å². The molecule has 2 rings (SSSR count). The largest absolute Gasteiger partial charge is 0.464 e. The van der Waals surface area contributed by atoms with Crippen molar-refractivity contribution < 1.29 is 9.52 Å². The van der Waals surface area contributed by atoms with Crippen LogP contribution in [-0.4, -0.2) is 17.5 Å². The summed E-state index contributed by atoms with van der Waals surface area (Å²) in [6, 6.07) is 12.4. The molecule has 1 aromatic carbocycles. The average molecular weight is 291 g/mol. The van der Waals surface area contributed by atoms with Gasteiger partial charge in [-0.2, -0.15) is 0 Å². The monoisotopic (exact) mass is 291 g/mol. The maximum Gasteiger partial charge on any atom is 0.123 e. The first-order chi connectivity index (χ1) is 9.81. The van der Waals surface area contributed by atoms with Gasteiger partial charge in [-0.15, -0.1) is 11.8 Å². The molecule has 2 N–H and O–H groups in total. The number of aliphatic hydroxyl groups is 1. The van der Waals surface area contributed by atoms with Crippen molar-refractivity contribution in [2.45, 2.75) is 31.2 Å². The molecule has 0 atom stereocenters. The summed E-state index contributed by atoms with van der Waals surface area (Å²) < 4.78 is 5.65. The number of furan rings is 1. The highest BCUT2D eigenvalue weighted by Gasteiger charge is 2.00. The molecule has 20 heavy (non-hydrogen) atoms. The first-order valence-electron chi connectivity index (χ1n) is 6.97. The van der Waals surface area contributed by atoms with Crippen LogP contribution in [0.2, 0.25) is 0 Å². The lowest BCUT2D eigenvalue weighted by Gasteiger charge is -2.06. The number of aryl methyl sites for hydroxylation is 1. The topological polar surface area (TPSA) is 45.4 Å². The van der Waals surface area contributed by atoms with Crippen LogP contribution in [0.25, 0.3) is 0 Å². The molecule has 0 unspecified atom stereocenters. The molecule has 0 fully saturated rings. The molecule has 108 valence electrons. The van der Waals surface area contributed by atoms with Crippen molar-refractivity contribution in [3.05, 3.63) is 47.9 Å². The molecule has 4 heteroatoms. The minimum absolute atomic E-state index is 0.259. The molecule has 0 aliphatic heterocycles. The minimum Gasteiger partial charge on any atom is -0.464 e. The van der Waals surface area contributed by atoms with Crippen molar-refractivity contribution in [3.8, 4) is 0 Å². The Bertz CT molecular complexity index is 507. The van der Waals surface area contributed by atoms with Crippen molar-refractivity contribution in [1.29, 1.82) is 0 Å². The normalized spacial score (nSPS) is 10.7. The third-order valence-electron chi connectivity index (χ3n) is 2.96. The maximum absolute atomic E-state index is 8.75. The van der Waals surface area contributed by atoms with Gasteiger partial charge in [0.15, 0.2) is 0 Å². The third-order valence-corrected chi connectivity index (χ3v) is 4.06. The molecule has 2 aromatic rings. The lowest BCUT2D eigenvalue weighted by molar-refractivity contribution is 0.296. The summed E-state index contributed by atoms with van der Waals surface area (Å²) in [4.78, 5) is 1.23. The fraction of sp³-hybridized carbons (Fsp3) is 0.375. The third kappa shape index (κ3) is 4.62. The molecule has 3 nitrogen and oxygen atoms in total. The second-order valence-corrected chi connectivity index (χ2v) is 5.69. The molecule has 0 spiro atoms. The maximum atomic E-state index is 8.75. The number of rotatable bonds is 8. The summed E-state index contributed by atoms with van der Waals surface area (Å²) in [6.07, 6.45) is 1.77. The Hall–Kier alpha value is -1.39. The van der Waals surface area contributed by atoms with E-state index in [4.69, 9.17) is 9.52 Å². The first-order valence-corrected chi connectivity index (χ1v) is 7.95. The molecular formula is C16H21NO2S. The Kier molecular flexibility index (Phi) is 6.02. The van der Waals surface area contributed by atoms with Crippen LogP contribution in [0.5, 0.6) is 0 Å². The zero-order chi connectivity index (χ0) is 14.2. The van der Waals surface area contributed by atoms with Crippen LogP contribution >= 0.6 is 11.8 Å². The first kappa shape index (κ1) is 15.0. The van der Waals surface area contributed by atoms with Gasteiger partial charge >= 0.3 is 0 Å². The van der Waals surface area contributed by atoms with Gasteiger partial charge in [-0.3, -0.25) is 0 Å². The van der Waals surface area contributed by atoms with E-state index in [1.165, 1.54) is 4.90 Å². The van der Waals surface area contributed by atoms with Crippen molar-refractivity contribution >= 4 is 17.4 Å². The van der Waals surface area contributed by atoms with Crippen molar-refractivity contribution in [1.82, 2.24) is 0 Å². The van der Waals surface area contributed by atoms with Crippen molar-refractivity contribution in [2.24, 2.45) is 0 Å². The summed E-state index contributed by atoms with van der Waals surface area (Å²) >= 11 is 1.77. The smallest absolute Gasteiger partial charge is 0.123 e. The van der Waals surface area contributed by atoms with E-state index in [1.807, 2.05) is 12.1 Å². The van der Waals surface area contributed by atoms with E-state index in [0.29, 0.717) is 6.54 Å². The van der Waals surface area contributed by atoms with E-state index < -0.39 is 0 Å². The number of hydrogen-bond acceptors (Lipinski definition) is 4. The standard InChI is InChI=1S/C16H21NO2S/c1-2-14-6-7-15(19-14)12-17-13-4-8-16(9-5-13)20-11-3-10-18/h4-9,17-18H,2-3,10-12H2,1H3. The molecule has 0 bridgehead atoms. The van der Waals surface area contributed by atoms with Crippen LogP contribution in [0.3, 0.4) is 0 Å². The molecule has 1 aromatic heterocycles. The minimum atomic E-state index is 0.259. The Balaban J connectivity index is 1.81. The van der Waals surface area contributed by atoms with Crippen LogP contribution in [0, 0.1) is 0 Å².